The normalized spacial score (nSPS) is 9.88. The molecule has 0 saturated carbocycles. The van der Waals surface area contributed by atoms with Gasteiger partial charge in [-0.2, -0.15) is 4.98 Å². The average molecular weight is 216 g/mol. The Labute approximate surface area is 93.3 Å². The van der Waals surface area contributed by atoms with E-state index >= 15 is 0 Å². The van der Waals surface area contributed by atoms with Crippen LogP contribution in [0.2, 0.25) is 0 Å². The molecule has 1 aromatic heterocycles. The van der Waals surface area contributed by atoms with Crippen LogP contribution in [0.1, 0.15) is 5.56 Å². The maximum atomic E-state index is 5.51. The molecule has 0 aliphatic rings. The fraction of sp³-hybridized carbons (Fsp3) is 0.0909. The number of hydrazine groups is 1. The maximum absolute atomic E-state index is 5.51. The van der Waals surface area contributed by atoms with Crippen molar-refractivity contribution < 1.29 is 4.74 Å². The smallest absolute Gasteiger partial charge is 0.239 e. The largest absolute Gasteiger partial charge is 0.437 e. The van der Waals surface area contributed by atoms with Crippen molar-refractivity contribution in [1.29, 1.82) is 0 Å². The summed E-state index contributed by atoms with van der Waals surface area (Å²) in [5.41, 5.74) is 3.59. The second kappa shape index (κ2) is 4.59. The lowest BCUT2D eigenvalue weighted by atomic mass is 10.2. The molecule has 0 spiro atoms. The van der Waals surface area contributed by atoms with Crippen molar-refractivity contribution in [1.82, 2.24) is 9.97 Å². The molecule has 16 heavy (non-hydrogen) atoms. The minimum absolute atomic E-state index is 0.402. The molecule has 5 nitrogen and oxygen atoms in total. The van der Waals surface area contributed by atoms with Crippen LogP contribution in [0.3, 0.4) is 0 Å². The molecule has 0 amide bonds. The van der Waals surface area contributed by atoms with E-state index in [2.05, 4.69) is 15.4 Å². The average Bonchev–Trinajstić information content (AvgIpc) is 2.32. The van der Waals surface area contributed by atoms with Gasteiger partial charge in [-0.3, -0.25) is 4.98 Å². The second-order valence-corrected chi connectivity index (χ2v) is 3.30. The van der Waals surface area contributed by atoms with Gasteiger partial charge in [0.15, 0.2) is 5.82 Å². The quantitative estimate of drug-likeness (QED) is 0.605. The molecule has 5 heteroatoms. The fourth-order valence-electron chi connectivity index (χ4n) is 1.19. The molecule has 82 valence electrons. The van der Waals surface area contributed by atoms with Gasteiger partial charge in [0.1, 0.15) is 5.75 Å². The van der Waals surface area contributed by atoms with Crippen LogP contribution in [0.5, 0.6) is 11.6 Å². The van der Waals surface area contributed by atoms with E-state index in [0.717, 1.165) is 0 Å². The van der Waals surface area contributed by atoms with Crippen molar-refractivity contribution in [2.45, 2.75) is 6.92 Å². The highest BCUT2D eigenvalue weighted by Gasteiger charge is 2.00. The van der Waals surface area contributed by atoms with Gasteiger partial charge in [-0.05, 0) is 19.1 Å². The molecule has 0 atom stereocenters. The van der Waals surface area contributed by atoms with Crippen LogP contribution in [0, 0.1) is 6.92 Å². The number of nitrogens with zero attached hydrogens (tertiary/aromatic N) is 2. The highest BCUT2D eigenvalue weighted by Crippen LogP contribution is 2.19. The Bertz CT molecular complexity index is 470. The predicted molar refractivity (Wildman–Crippen MR) is 61.1 cm³/mol. The lowest BCUT2D eigenvalue weighted by Crippen LogP contribution is -2.08. The minimum atomic E-state index is 0.402. The fourth-order valence-corrected chi connectivity index (χ4v) is 1.19. The van der Waals surface area contributed by atoms with E-state index in [-0.39, 0.29) is 0 Å². The molecule has 2 rings (SSSR count). The van der Waals surface area contributed by atoms with Gasteiger partial charge in [-0.15, -0.1) is 0 Å². The first-order chi connectivity index (χ1) is 7.78. The Morgan fingerprint density at radius 1 is 1.19 bits per heavy atom. The van der Waals surface area contributed by atoms with Gasteiger partial charge in [-0.25, -0.2) is 5.84 Å². The zero-order valence-electron chi connectivity index (χ0n) is 8.84. The zero-order valence-corrected chi connectivity index (χ0v) is 8.84. The molecule has 1 heterocycles. The molecule has 0 unspecified atom stereocenters. The van der Waals surface area contributed by atoms with E-state index in [4.69, 9.17) is 10.6 Å². The first-order valence-corrected chi connectivity index (χ1v) is 4.81. The van der Waals surface area contributed by atoms with Gasteiger partial charge in [-0.1, -0.05) is 17.7 Å². The van der Waals surface area contributed by atoms with E-state index in [1.165, 1.54) is 18.0 Å². The van der Waals surface area contributed by atoms with Gasteiger partial charge in [0.2, 0.25) is 5.88 Å². The predicted octanol–water partition coefficient (Wildman–Crippen LogP) is 1.86. The molecule has 2 aromatic rings. The third kappa shape index (κ3) is 2.46. The number of nitrogen functional groups attached to an aromatic ring is 1. The summed E-state index contributed by atoms with van der Waals surface area (Å²) in [6, 6.07) is 7.68. The molecular formula is C11H12N4O. The number of nitrogens with one attached hydrogen (secondary N) is 1. The third-order valence-electron chi connectivity index (χ3n) is 2.00. The number of rotatable bonds is 3. The number of aromatic nitrogens is 2. The van der Waals surface area contributed by atoms with Crippen LogP contribution in [0.4, 0.5) is 5.82 Å². The van der Waals surface area contributed by atoms with Gasteiger partial charge in [0.05, 0.1) is 12.4 Å². The van der Waals surface area contributed by atoms with E-state index in [1.54, 1.807) is 0 Å². The molecule has 0 fully saturated rings. The number of nitrogens with two attached hydrogens (primary N) is 1. The summed E-state index contributed by atoms with van der Waals surface area (Å²) >= 11 is 0. The SMILES string of the molecule is Cc1ccc(Oc2cncc(NN)n2)cc1. The number of ether oxygens (including phenoxy) is 1. The van der Waals surface area contributed by atoms with Gasteiger partial charge in [0.25, 0.3) is 0 Å². The molecule has 0 radical (unpaired) electrons. The Balaban J connectivity index is 2.16. The monoisotopic (exact) mass is 216 g/mol. The van der Waals surface area contributed by atoms with Crippen molar-refractivity contribution >= 4 is 5.82 Å². The summed E-state index contributed by atoms with van der Waals surface area (Å²) in [4.78, 5) is 8.03. The number of aryl methyl sites for hydroxylation is 1. The van der Waals surface area contributed by atoms with Crippen LogP contribution in [0.15, 0.2) is 36.7 Å². The molecule has 3 N–H and O–H groups in total. The van der Waals surface area contributed by atoms with Crippen molar-refractivity contribution in [2.75, 3.05) is 5.43 Å². The van der Waals surface area contributed by atoms with Gasteiger partial charge < -0.3 is 10.2 Å². The van der Waals surface area contributed by atoms with Crippen LogP contribution in [-0.2, 0) is 0 Å². The molecule has 1 aromatic carbocycles. The zero-order chi connectivity index (χ0) is 11.4. The summed E-state index contributed by atoms with van der Waals surface area (Å²) in [5.74, 6) is 6.81. The van der Waals surface area contributed by atoms with E-state index in [1.807, 2.05) is 31.2 Å². The Kier molecular flexibility index (Phi) is 2.98. The molecular weight excluding hydrogens is 204 g/mol. The first kappa shape index (κ1) is 10.4. The van der Waals surface area contributed by atoms with E-state index in [0.29, 0.717) is 17.4 Å². The van der Waals surface area contributed by atoms with Gasteiger partial charge in [0, 0.05) is 0 Å². The lowest BCUT2D eigenvalue weighted by molar-refractivity contribution is 0.461. The third-order valence-corrected chi connectivity index (χ3v) is 2.00. The van der Waals surface area contributed by atoms with Crippen molar-refractivity contribution in [3.63, 3.8) is 0 Å². The van der Waals surface area contributed by atoms with E-state index < -0.39 is 0 Å². The topological polar surface area (TPSA) is 73.1 Å². The summed E-state index contributed by atoms with van der Waals surface area (Å²) in [7, 11) is 0. The molecule has 0 aliphatic heterocycles. The van der Waals surface area contributed by atoms with Crippen LogP contribution in [-0.4, -0.2) is 9.97 Å². The van der Waals surface area contributed by atoms with Crippen LogP contribution < -0.4 is 16.0 Å². The Hall–Kier alpha value is -2.14. The Morgan fingerprint density at radius 3 is 2.62 bits per heavy atom. The summed E-state index contributed by atoms with van der Waals surface area (Å²) in [5, 5.41) is 0. The summed E-state index contributed by atoms with van der Waals surface area (Å²) in [6.45, 7) is 2.02. The summed E-state index contributed by atoms with van der Waals surface area (Å²) in [6.07, 6.45) is 3.04. The molecule has 0 saturated heterocycles. The standard InChI is InChI=1S/C11H12N4O/c1-8-2-4-9(5-3-8)16-11-7-13-6-10(14-11)15-12/h2-7H,12H2,1H3,(H,14,15). The highest BCUT2D eigenvalue weighted by atomic mass is 16.5. The van der Waals surface area contributed by atoms with Crippen molar-refractivity contribution in [2.24, 2.45) is 5.84 Å². The van der Waals surface area contributed by atoms with Crippen molar-refractivity contribution in [3.05, 3.63) is 42.2 Å². The minimum Gasteiger partial charge on any atom is -0.437 e. The number of hydrogen-bond acceptors (Lipinski definition) is 5. The second-order valence-electron chi connectivity index (χ2n) is 3.30. The summed E-state index contributed by atoms with van der Waals surface area (Å²) < 4.78 is 5.51. The Morgan fingerprint density at radius 2 is 1.94 bits per heavy atom. The van der Waals surface area contributed by atoms with Gasteiger partial charge >= 0.3 is 0 Å². The first-order valence-electron chi connectivity index (χ1n) is 4.81. The number of benzene rings is 1. The van der Waals surface area contributed by atoms with Crippen LogP contribution in [0.25, 0.3) is 0 Å². The maximum Gasteiger partial charge on any atom is 0.239 e. The lowest BCUT2D eigenvalue weighted by Gasteiger charge is -2.05. The van der Waals surface area contributed by atoms with Crippen LogP contribution >= 0.6 is 0 Å². The molecule has 0 aliphatic carbocycles. The molecule has 0 bridgehead atoms. The van der Waals surface area contributed by atoms with E-state index in [9.17, 15) is 0 Å². The number of hydrogen-bond donors (Lipinski definition) is 2. The highest BCUT2D eigenvalue weighted by molar-refractivity contribution is 5.34. The number of anilines is 1. The van der Waals surface area contributed by atoms with Crippen molar-refractivity contribution in [3.8, 4) is 11.6 Å².